The van der Waals surface area contributed by atoms with Crippen LogP contribution in [0.5, 0.6) is 0 Å². The first-order valence-electron chi connectivity index (χ1n) is 4.89. The predicted octanol–water partition coefficient (Wildman–Crippen LogP) is -1.03. The number of azide groups is 1. The summed E-state index contributed by atoms with van der Waals surface area (Å²) in [5.74, 6) is -4.17. The van der Waals surface area contributed by atoms with Gasteiger partial charge in [0, 0.05) is 17.8 Å². The van der Waals surface area contributed by atoms with Crippen molar-refractivity contribution >= 4 is 5.97 Å². The second-order valence-corrected chi connectivity index (χ2v) is 3.82. The lowest BCUT2D eigenvalue weighted by atomic mass is 9.95. The van der Waals surface area contributed by atoms with Gasteiger partial charge in [0.05, 0.1) is 24.9 Å². The Hall–Kier alpha value is -1.38. The number of carboxylic acids is 1. The molecule has 0 spiro atoms. The first-order chi connectivity index (χ1) is 7.89. The standard InChI is InChI=1S/C8H13N3O6/c9-11-10-3-5(13)6-1-4(12)2-8(16,17-6)7(14)15/h4-6,12-13,16H,1-3H2,(H,14,15)/t4-,5-,6+,8?/m1/s1. The lowest BCUT2D eigenvalue weighted by Crippen LogP contribution is -2.54. The minimum Gasteiger partial charge on any atom is -0.477 e. The minimum absolute atomic E-state index is 0.0439. The SMILES string of the molecule is [N-]=[N+]=NC[C@@H](O)[C@@H]1C[C@@H](O)CC(O)(C(=O)O)O1. The number of carboxylic acid groups (broad SMARTS) is 1. The Morgan fingerprint density at radius 2 is 2.35 bits per heavy atom. The molecule has 0 aromatic carbocycles. The van der Waals surface area contributed by atoms with Crippen molar-refractivity contribution < 1.29 is 30.0 Å². The molecule has 1 heterocycles. The summed E-state index contributed by atoms with van der Waals surface area (Å²) in [6, 6.07) is 0. The van der Waals surface area contributed by atoms with Crippen molar-refractivity contribution in [3.63, 3.8) is 0 Å². The van der Waals surface area contributed by atoms with E-state index in [0.29, 0.717) is 0 Å². The molecular weight excluding hydrogens is 234 g/mol. The molecule has 4 atom stereocenters. The fraction of sp³-hybridized carbons (Fsp3) is 0.875. The van der Waals surface area contributed by atoms with Gasteiger partial charge in [0.1, 0.15) is 0 Å². The third-order valence-corrected chi connectivity index (χ3v) is 2.46. The van der Waals surface area contributed by atoms with Crippen molar-refractivity contribution in [3.05, 3.63) is 10.4 Å². The van der Waals surface area contributed by atoms with Gasteiger partial charge >= 0.3 is 5.97 Å². The molecule has 0 aromatic rings. The van der Waals surface area contributed by atoms with Gasteiger partial charge in [-0.05, 0) is 5.53 Å². The van der Waals surface area contributed by atoms with Gasteiger partial charge in [0.2, 0.25) is 0 Å². The number of aliphatic hydroxyl groups excluding tert-OH is 2. The van der Waals surface area contributed by atoms with Crippen LogP contribution in [0.1, 0.15) is 12.8 Å². The zero-order valence-electron chi connectivity index (χ0n) is 8.80. The van der Waals surface area contributed by atoms with Crippen molar-refractivity contribution in [2.45, 2.75) is 36.9 Å². The van der Waals surface area contributed by atoms with E-state index in [-0.39, 0.29) is 13.0 Å². The van der Waals surface area contributed by atoms with Gasteiger partial charge < -0.3 is 25.2 Å². The number of hydrogen-bond acceptors (Lipinski definition) is 6. The van der Waals surface area contributed by atoms with E-state index in [1.165, 1.54) is 0 Å². The molecule has 0 bridgehead atoms. The van der Waals surface area contributed by atoms with E-state index in [0.717, 1.165) is 0 Å². The summed E-state index contributed by atoms with van der Waals surface area (Å²) in [5, 5.41) is 40.4. The van der Waals surface area contributed by atoms with E-state index < -0.39 is 36.5 Å². The Bertz CT molecular complexity index is 344. The highest BCUT2D eigenvalue weighted by atomic mass is 16.7. The normalized spacial score (nSPS) is 34.8. The number of rotatable bonds is 4. The molecule has 4 N–H and O–H groups in total. The summed E-state index contributed by atoms with van der Waals surface area (Å²) in [6.07, 6.45) is -4.03. The summed E-state index contributed by atoms with van der Waals surface area (Å²) < 4.78 is 4.83. The third kappa shape index (κ3) is 3.29. The molecule has 1 unspecified atom stereocenters. The molecule has 0 aliphatic carbocycles. The number of nitrogens with zero attached hydrogens (tertiary/aromatic N) is 3. The van der Waals surface area contributed by atoms with Gasteiger partial charge in [-0.1, -0.05) is 5.11 Å². The lowest BCUT2D eigenvalue weighted by Gasteiger charge is -2.38. The van der Waals surface area contributed by atoms with Crippen molar-refractivity contribution in [3.8, 4) is 0 Å². The molecule has 17 heavy (non-hydrogen) atoms. The van der Waals surface area contributed by atoms with Crippen LogP contribution in [0.4, 0.5) is 0 Å². The van der Waals surface area contributed by atoms with Gasteiger partial charge in [0.15, 0.2) is 0 Å². The van der Waals surface area contributed by atoms with Gasteiger partial charge in [-0.25, -0.2) is 4.79 Å². The topological polar surface area (TPSA) is 156 Å². The first kappa shape index (κ1) is 13.7. The summed E-state index contributed by atoms with van der Waals surface area (Å²) in [4.78, 5) is 13.2. The molecular formula is C8H13N3O6. The smallest absolute Gasteiger partial charge is 0.364 e. The maximum absolute atomic E-state index is 10.8. The second-order valence-electron chi connectivity index (χ2n) is 3.82. The van der Waals surface area contributed by atoms with Crippen LogP contribution in [0.2, 0.25) is 0 Å². The van der Waals surface area contributed by atoms with Crippen molar-refractivity contribution in [1.29, 1.82) is 0 Å². The molecule has 9 nitrogen and oxygen atoms in total. The van der Waals surface area contributed by atoms with Crippen molar-refractivity contribution in [2.75, 3.05) is 6.54 Å². The van der Waals surface area contributed by atoms with Crippen LogP contribution in [0.3, 0.4) is 0 Å². The summed E-state index contributed by atoms with van der Waals surface area (Å²) >= 11 is 0. The zero-order chi connectivity index (χ0) is 13.1. The van der Waals surface area contributed by atoms with E-state index in [1.54, 1.807) is 0 Å². The van der Waals surface area contributed by atoms with Gasteiger partial charge in [-0.15, -0.1) is 0 Å². The van der Waals surface area contributed by atoms with E-state index in [9.17, 15) is 20.1 Å². The predicted molar refractivity (Wildman–Crippen MR) is 52.7 cm³/mol. The highest BCUT2D eigenvalue weighted by Gasteiger charge is 2.47. The van der Waals surface area contributed by atoms with Crippen molar-refractivity contribution in [2.24, 2.45) is 5.11 Å². The van der Waals surface area contributed by atoms with Gasteiger partial charge in [-0.3, -0.25) is 0 Å². The van der Waals surface area contributed by atoms with Crippen LogP contribution in [0, 0.1) is 0 Å². The fourth-order valence-electron chi connectivity index (χ4n) is 1.63. The average molecular weight is 247 g/mol. The van der Waals surface area contributed by atoms with E-state index >= 15 is 0 Å². The third-order valence-electron chi connectivity index (χ3n) is 2.46. The van der Waals surface area contributed by atoms with E-state index in [1.807, 2.05) is 0 Å². The number of ether oxygens (including phenoxy) is 1. The van der Waals surface area contributed by atoms with Crippen LogP contribution in [0.25, 0.3) is 10.4 Å². The fourth-order valence-corrected chi connectivity index (χ4v) is 1.63. The summed E-state index contributed by atoms with van der Waals surface area (Å²) in [5.41, 5.74) is 8.07. The Morgan fingerprint density at radius 1 is 1.71 bits per heavy atom. The largest absolute Gasteiger partial charge is 0.477 e. The molecule has 0 radical (unpaired) electrons. The van der Waals surface area contributed by atoms with E-state index in [4.69, 9.17) is 15.4 Å². The summed E-state index contributed by atoms with van der Waals surface area (Å²) in [6.45, 7) is -0.330. The van der Waals surface area contributed by atoms with Crippen LogP contribution in [-0.4, -0.2) is 57.0 Å². The lowest BCUT2D eigenvalue weighted by molar-refractivity contribution is -0.281. The summed E-state index contributed by atoms with van der Waals surface area (Å²) in [7, 11) is 0. The van der Waals surface area contributed by atoms with Crippen LogP contribution < -0.4 is 0 Å². The molecule has 0 aromatic heterocycles. The first-order valence-corrected chi connectivity index (χ1v) is 4.89. The molecule has 1 saturated heterocycles. The Balaban J connectivity index is 2.74. The monoisotopic (exact) mass is 247 g/mol. The molecule has 0 amide bonds. The molecule has 9 heteroatoms. The number of aliphatic carboxylic acids is 1. The Morgan fingerprint density at radius 3 is 2.88 bits per heavy atom. The minimum atomic E-state index is -2.53. The number of hydrogen-bond donors (Lipinski definition) is 4. The van der Waals surface area contributed by atoms with Crippen molar-refractivity contribution in [1.82, 2.24) is 0 Å². The van der Waals surface area contributed by atoms with Gasteiger partial charge in [-0.2, -0.15) is 0 Å². The van der Waals surface area contributed by atoms with Crippen LogP contribution >= 0.6 is 0 Å². The van der Waals surface area contributed by atoms with Crippen LogP contribution in [0.15, 0.2) is 5.11 Å². The number of aliphatic hydroxyl groups is 3. The molecule has 1 aliphatic heterocycles. The second kappa shape index (κ2) is 5.30. The highest BCUT2D eigenvalue weighted by Crippen LogP contribution is 2.29. The molecule has 1 aliphatic rings. The maximum atomic E-state index is 10.8. The average Bonchev–Trinajstić information content (AvgIpc) is 2.24. The zero-order valence-corrected chi connectivity index (χ0v) is 8.80. The number of carbonyl (C=O) groups is 1. The van der Waals surface area contributed by atoms with Gasteiger partial charge in [0.25, 0.3) is 5.79 Å². The highest BCUT2D eigenvalue weighted by molar-refractivity contribution is 5.75. The molecule has 0 saturated carbocycles. The van der Waals surface area contributed by atoms with E-state index in [2.05, 4.69) is 10.0 Å². The molecule has 1 fully saturated rings. The Kier molecular flexibility index (Phi) is 4.27. The molecule has 96 valence electrons. The van der Waals surface area contributed by atoms with Crippen LogP contribution in [-0.2, 0) is 9.53 Å². The maximum Gasteiger partial charge on any atom is 0.364 e. The molecule has 1 rings (SSSR count). The quantitative estimate of drug-likeness (QED) is 0.282. The Labute approximate surface area is 95.9 Å².